The Labute approximate surface area is 289 Å². The lowest BCUT2D eigenvalue weighted by Crippen LogP contribution is -2.68. The molecule has 23 nitrogen and oxygen atoms in total. The van der Waals surface area contributed by atoms with E-state index < -0.39 is 161 Å². The third-order valence-electron chi connectivity index (χ3n) is 8.96. The van der Waals surface area contributed by atoms with Crippen LogP contribution in [-0.2, 0) is 42.7 Å². The van der Waals surface area contributed by atoms with Crippen molar-refractivity contribution in [2.45, 2.75) is 137 Å². The van der Waals surface area contributed by atoms with Crippen LogP contribution in [0.2, 0.25) is 0 Å². The van der Waals surface area contributed by atoms with Gasteiger partial charge in [-0.1, -0.05) is 0 Å². The van der Waals surface area contributed by atoms with Crippen molar-refractivity contribution in [3.05, 3.63) is 0 Å². The standard InChI is InChI=1S/C28H48N2O21/c1-7(34)29-13-23(16(38)11(4-32)46-25(13)44)50-28-21(43)19(41)22(49-28)9(36)6-45-26-14(30-8(2)35)24(17(39)12(5-33)47-26)51-27-20(42)18(40)15(37)10(3-31)48-27/h9-28,31-33,36-44H,3-6H2,1-2H3,(H,29,34)(H,30,35)/t9-,10-,11-,12-,13-,14+,15+,16-,17-,18+,19-,20-,21-,22+,23-,24-,25-,26-,27-,28+/m1/s1. The Bertz CT molecular complexity index is 1140. The van der Waals surface area contributed by atoms with Gasteiger partial charge in [0.05, 0.1) is 26.4 Å². The number of amides is 2. The van der Waals surface area contributed by atoms with E-state index in [4.69, 9.17) is 33.2 Å². The number of hydrogen-bond acceptors (Lipinski definition) is 21. The third-order valence-corrected chi connectivity index (χ3v) is 8.96. The Balaban J connectivity index is 1.47. The van der Waals surface area contributed by atoms with Crippen molar-refractivity contribution in [3.63, 3.8) is 0 Å². The molecule has 0 aromatic rings. The molecular formula is C28H48N2O21. The van der Waals surface area contributed by atoms with E-state index in [0.29, 0.717) is 0 Å². The lowest BCUT2D eigenvalue weighted by Gasteiger charge is -2.47. The van der Waals surface area contributed by atoms with E-state index in [2.05, 4.69) is 10.6 Å². The summed E-state index contributed by atoms with van der Waals surface area (Å²) in [6.45, 7) is -1.02. The molecule has 20 atom stereocenters. The summed E-state index contributed by atoms with van der Waals surface area (Å²) >= 11 is 0. The summed E-state index contributed by atoms with van der Waals surface area (Å²) in [6, 6.07) is -2.91. The lowest BCUT2D eigenvalue weighted by atomic mass is 9.95. The number of carbonyl (C=O) groups excluding carboxylic acids is 2. The highest BCUT2D eigenvalue weighted by Crippen LogP contribution is 2.32. The minimum absolute atomic E-state index is 0.663. The van der Waals surface area contributed by atoms with Crippen molar-refractivity contribution < 1.29 is 104 Å². The molecule has 0 aromatic heterocycles. The molecule has 0 spiro atoms. The molecule has 0 bridgehead atoms. The number of nitrogens with one attached hydrogen (secondary N) is 2. The SMILES string of the molecule is CC(=O)N[C@@H]1[C@H](OC[C@@H](O)[C@@H]2O[C@@H](O[C@H]3[C@H](O)[C@@H](CO)O[C@@H](O)[C@@H]3NC(C)=O)[C@H](O)[C@H]2O)O[C@H](CO)[C@@H](O)[C@@H]1O[C@H]1O[C@H](CO)[C@H](O)[C@H](O)[C@H]1O. The average molecular weight is 749 g/mol. The van der Waals surface area contributed by atoms with Crippen molar-refractivity contribution in [1.82, 2.24) is 10.6 Å². The highest BCUT2D eigenvalue weighted by molar-refractivity contribution is 5.73. The third kappa shape index (κ3) is 9.29. The van der Waals surface area contributed by atoms with Crippen LogP contribution >= 0.6 is 0 Å². The van der Waals surface area contributed by atoms with Gasteiger partial charge in [-0.2, -0.15) is 0 Å². The predicted octanol–water partition coefficient (Wildman–Crippen LogP) is -9.46. The van der Waals surface area contributed by atoms with Gasteiger partial charge in [-0.3, -0.25) is 9.59 Å². The maximum Gasteiger partial charge on any atom is 0.217 e. The van der Waals surface area contributed by atoms with Crippen LogP contribution in [0.15, 0.2) is 0 Å². The summed E-state index contributed by atoms with van der Waals surface area (Å²) in [5, 5.41) is 129. The molecule has 2 amide bonds. The second-order valence-electron chi connectivity index (χ2n) is 12.7. The van der Waals surface area contributed by atoms with Crippen LogP contribution in [0.1, 0.15) is 13.8 Å². The van der Waals surface area contributed by atoms with Gasteiger partial charge >= 0.3 is 0 Å². The second kappa shape index (κ2) is 18.0. The molecule has 4 aliphatic heterocycles. The molecule has 4 rings (SSSR count). The maximum absolute atomic E-state index is 12.2. The fourth-order valence-electron chi connectivity index (χ4n) is 6.27. The van der Waals surface area contributed by atoms with Gasteiger partial charge in [0.2, 0.25) is 11.8 Å². The fraction of sp³-hybridized carbons (Fsp3) is 0.929. The van der Waals surface area contributed by atoms with Gasteiger partial charge in [0.1, 0.15) is 97.5 Å². The van der Waals surface area contributed by atoms with Crippen LogP contribution in [0.5, 0.6) is 0 Å². The van der Waals surface area contributed by atoms with Crippen LogP contribution in [0.25, 0.3) is 0 Å². The van der Waals surface area contributed by atoms with E-state index in [9.17, 15) is 70.9 Å². The summed E-state index contributed by atoms with van der Waals surface area (Å²) in [4.78, 5) is 23.9. The Hall–Kier alpha value is -1.82. The van der Waals surface area contributed by atoms with Crippen molar-refractivity contribution in [3.8, 4) is 0 Å². The van der Waals surface area contributed by atoms with Crippen molar-refractivity contribution >= 4 is 11.8 Å². The topological polar surface area (TPSA) is 366 Å². The van der Waals surface area contributed by atoms with Crippen LogP contribution < -0.4 is 10.6 Å². The zero-order valence-electron chi connectivity index (χ0n) is 27.4. The van der Waals surface area contributed by atoms with Crippen LogP contribution in [0.3, 0.4) is 0 Å². The van der Waals surface area contributed by atoms with E-state index in [0.717, 1.165) is 13.8 Å². The van der Waals surface area contributed by atoms with Gasteiger partial charge in [0.25, 0.3) is 0 Å². The van der Waals surface area contributed by atoms with Crippen LogP contribution in [0, 0.1) is 0 Å². The molecule has 0 unspecified atom stereocenters. The minimum atomic E-state index is -1.92. The van der Waals surface area contributed by atoms with Gasteiger partial charge in [-0.15, -0.1) is 0 Å². The summed E-state index contributed by atoms with van der Waals surface area (Å²) in [7, 11) is 0. The van der Waals surface area contributed by atoms with Crippen LogP contribution in [-0.4, -0.2) is 222 Å². The maximum atomic E-state index is 12.2. The first-order valence-corrected chi connectivity index (χ1v) is 16.1. The molecular weight excluding hydrogens is 700 g/mol. The molecule has 0 radical (unpaired) electrons. The Morgan fingerprint density at radius 2 is 1.04 bits per heavy atom. The predicted molar refractivity (Wildman–Crippen MR) is 157 cm³/mol. The number of hydrogen-bond donors (Lipinski definition) is 14. The first kappa shape index (κ1) is 41.9. The quantitative estimate of drug-likeness (QED) is 0.0831. The summed E-state index contributed by atoms with van der Waals surface area (Å²) in [5.41, 5.74) is 0. The normalized spacial score (nSPS) is 46.7. The number of ether oxygens (including phenoxy) is 7. The largest absolute Gasteiger partial charge is 0.394 e. The average Bonchev–Trinajstić information content (AvgIpc) is 3.36. The number of aliphatic hydroxyl groups excluding tert-OH is 12. The van der Waals surface area contributed by atoms with E-state index in [1.807, 2.05) is 0 Å². The first-order valence-electron chi connectivity index (χ1n) is 16.1. The molecule has 0 aliphatic carbocycles. The Kier molecular flexibility index (Phi) is 14.8. The minimum Gasteiger partial charge on any atom is -0.394 e. The molecule has 4 fully saturated rings. The smallest absolute Gasteiger partial charge is 0.217 e. The Morgan fingerprint density at radius 1 is 0.588 bits per heavy atom. The molecule has 0 saturated carbocycles. The Morgan fingerprint density at radius 3 is 1.59 bits per heavy atom. The molecule has 4 aliphatic rings. The first-order chi connectivity index (χ1) is 24.0. The summed E-state index contributed by atoms with van der Waals surface area (Å²) in [6.07, 6.45) is -30.6. The number of aliphatic hydroxyl groups is 12. The summed E-state index contributed by atoms with van der Waals surface area (Å²) < 4.78 is 38.6. The van der Waals surface area contributed by atoms with Gasteiger partial charge in [0, 0.05) is 13.8 Å². The van der Waals surface area contributed by atoms with E-state index in [-0.39, 0.29) is 0 Å². The highest BCUT2D eigenvalue weighted by atomic mass is 16.7. The molecule has 23 heteroatoms. The van der Waals surface area contributed by atoms with Gasteiger partial charge in [0.15, 0.2) is 25.2 Å². The molecule has 51 heavy (non-hydrogen) atoms. The van der Waals surface area contributed by atoms with Crippen LogP contribution in [0.4, 0.5) is 0 Å². The van der Waals surface area contributed by atoms with Gasteiger partial charge in [-0.05, 0) is 0 Å². The second-order valence-corrected chi connectivity index (χ2v) is 12.7. The fourth-order valence-corrected chi connectivity index (χ4v) is 6.27. The highest BCUT2D eigenvalue weighted by Gasteiger charge is 2.54. The number of carbonyl (C=O) groups is 2. The molecule has 0 aromatic carbocycles. The van der Waals surface area contributed by atoms with E-state index in [1.165, 1.54) is 0 Å². The molecule has 4 saturated heterocycles. The zero-order valence-corrected chi connectivity index (χ0v) is 27.4. The van der Waals surface area contributed by atoms with E-state index >= 15 is 0 Å². The molecule has 296 valence electrons. The van der Waals surface area contributed by atoms with Crippen molar-refractivity contribution in [1.29, 1.82) is 0 Å². The van der Waals surface area contributed by atoms with Gasteiger partial charge < -0.3 is 105 Å². The monoisotopic (exact) mass is 748 g/mol. The van der Waals surface area contributed by atoms with Crippen molar-refractivity contribution in [2.75, 3.05) is 26.4 Å². The molecule has 4 heterocycles. The zero-order chi connectivity index (χ0) is 37.9. The lowest BCUT2D eigenvalue weighted by molar-refractivity contribution is -0.346. The molecule has 14 N–H and O–H groups in total. The van der Waals surface area contributed by atoms with E-state index in [1.54, 1.807) is 0 Å². The van der Waals surface area contributed by atoms with Gasteiger partial charge in [-0.25, -0.2) is 0 Å². The summed E-state index contributed by atoms with van der Waals surface area (Å²) in [5.74, 6) is -1.38. The van der Waals surface area contributed by atoms with Crippen molar-refractivity contribution in [2.24, 2.45) is 0 Å². The number of rotatable bonds is 13.